The van der Waals surface area contributed by atoms with Crippen molar-refractivity contribution in [2.45, 2.75) is 6.54 Å². The van der Waals surface area contributed by atoms with Crippen LogP contribution < -0.4 is 10.6 Å². The molecule has 0 radical (unpaired) electrons. The van der Waals surface area contributed by atoms with Gasteiger partial charge in [-0.25, -0.2) is 14.0 Å². The molecule has 124 valence electrons. The molecule has 0 atom stereocenters. The molecule has 0 aliphatic rings. The maximum Gasteiger partial charge on any atom is 0.337 e. The van der Waals surface area contributed by atoms with E-state index in [4.69, 9.17) is 0 Å². The van der Waals surface area contributed by atoms with E-state index >= 15 is 0 Å². The zero-order valence-electron chi connectivity index (χ0n) is 13.1. The minimum atomic E-state index is -0.417. The standard InChI is InChI=1S/C18H17FN2O3/c1-24-17(22)15-8-6-13(7-9-15)12-21-18(23)20-11-10-14-4-2-3-5-16(14)19/h2-11H,12H2,1H3,(H2,20,21,23)/b11-10+. The Balaban J connectivity index is 1.81. The Morgan fingerprint density at radius 3 is 2.50 bits per heavy atom. The fraction of sp³-hybridized carbons (Fsp3) is 0.111. The number of methoxy groups -OCH3 is 1. The first kappa shape index (κ1) is 17.2. The molecule has 6 heteroatoms. The van der Waals surface area contributed by atoms with Crippen molar-refractivity contribution < 1.29 is 18.7 Å². The molecule has 0 bridgehead atoms. The molecule has 0 unspecified atom stereocenters. The SMILES string of the molecule is COC(=O)c1ccc(CNC(=O)N/C=C/c2ccccc2F)cc1. The second kappa shape index (κ2) is 8.47. The van der Waals surface area contributed by atoms with Gasteiger partial charge in [0.05, 0.1) is 12.7 Å². The molecule has 0 spiro atoms. The first-order valence-electron chi connectivity index (χ1n) is 7.23. The number of benzene rings is 2. The van der Waals surface area contributed by atoms with Crippen molar-refractivity contribution in [1.82, 2.24) is 10.6 Å². The number of hydrogen-bond acceptors (Lipinski definition) is 3. The van der Waals surface area contributed by atoms with Gasteiger partial charge in [0.15, 0.2) is 0 Å². The smallest absolute Gasteiger partial charge is 0.337 e. The molecule has 0 saturated carbocycles. The quantitative estimate of drug-likeness (QED) is 0.829. The van der Waals surface area contributed by atoms with Crippen molar-refractivity contribution in [2.75, 3.05) is 7.11 Å². The molecule has 2 N–H and O–H groups in total. The lowest BCUT2D eigenvalue weighted by Gasteiger charge is -2.06. The first-order valence-corrected chi connectivity index (χ1v) is 7.23. The number of ether oxygens (including phenoxy) is 1. The second-order valence-corrected chi connectivity index (χ2v) is 4.87. The number of amides is 2. The minimum absolute atomic E-state index is 0.292. The van der Waals surface area contributed by atoms with E-state index in [-0.39, 0.29) is 5.82 Å². The Hall–Kier alpha value is -3.15. The molecule has 2 rings (SSSR count). The van der Waals surface area contributed by atoms with Crippen LogP contribution in [0, 0.1) is 5.82 Å². The maximum absolute atomic E-state index is 13.4. The topological polar surface area (TPSA) is 67.4 Å². The lowest BCUT2D eigenvalue weighted by atomic mass is 10.1. The van der Waals surface area contributed by atoms with Gasteiger partial charge in [0.25, 0.3) is 0 Å². The molecule has 0 aromatic heterocycles. The molecule has 5 nitrogen and oxygen atoms in total. The molecule has 2 aromatic rings. The van der Waals surface area contributed by atoms with E-state index < -0.39 is 12.0 Å². The molecule has 0 aliphatic carbocycles. The van der Waals surface area contributed by atoms with Gasteiger partial charge in [0.2, 0.25) is 0 Å². The number of urea groups is 1. The van der Waals surface area contributed by atoms with Crippen LogP contribution in [0.4, 0.5) is 9.18 Å². The lowest BCUT2D eigenvalue weighted by molar-refractivity contribution is 0.0600. The van der Waals surface area contributed by atoms with E-state index in [0.717, 1.165) is 5.56 Å². The second-order valence-electron chi connectivity index (χ2n) is 4.87. The zero-order chi connectivity index (χ0) is 17.4. The minimum Gasteiger partial charge on any atom is -0.465 e. The van der Waals surface area contributed by atoms with Crippen molar-refractivity contribution in [3.8, 4) is 0 Å². The van der Waals surface area contributed by atoms with Crippen LogP contribution in [0.3, 0.4) is 0 Å². The summed E-state index contributed by atoms with van der Waals surface area (Å²) in [5, 5.41) is 5.15. The fourth-order valence-electron chi connectivity index (χ4n) is 1.93. The number of esters is 1. The summed E-state index contributed by atoms with van der Waals surface area (Å²) in [5.74, 6) is -0.771. The van der Waals surface area contributed by atoms with Crippen LogP contribution in [-0.4, -0.2) is 19.1 Å². The van der Waals surface area contributed by atoms with E-state index in [1.165, 1.54) is 25.5 Å². The third kappa shape index (κ3) is 4.95. The zero-order valence-corrected chi connectivity index (χ0v) is 13.1. The van der Waals surface area contributed by atoms with Gasteiger partial charge in [-0.05, 0) is 29.8 Å². The molecule has 2 aromatic carbocycles. The van der Waals surface area contributed by atoms with E-state index in [9.17, 15) is 14.0 Å². The largest absolute Gasteiger partial charge is 0.465 e. The normalized spacial score (nSPS) is 10.4. The van der Waals surface area contributed by atoms with E-state index in [0.29, 0.717) is 17.7 Å². The van der Waals surface area contributed by atoms with Gasteiger partial charge in [0, 0.05) is 18.3 Å². The number of rotatable bonds is 5. The number of carbonyl (C=O) groups is 2. The van der Waals surface area contributed by atoms with Crippen LogP contribution in [0.25, 0.3) is 6.08 Å². The summed E-state index contributed by atoms with van der Waals surface area (Å²) in [7, 11) is 1.32. The molecule has 0 aliphatic heterocycles. The first-order chi connectivity index (χ1) is 11.6. The summed E-state index contributed by atoms with van der Waals surface area (Å²) < 4.78 is 18.0. The predicted octanol–water partition coefficient (Wildman–Crippen LogP) is 3.08. The molecule has 2 amide bonds. The average molecular weight is 328 g/mol. The van der Waals surface area contributed by atoms with Gasteiger partial charge in [-0.2, -0.15) is 0 Å². The number of hydrogen-bond donors (Lipinski definition) is 2. The lowest BCUT2D eigenvalue weighted by Crippen LogP contribution is -2.31. The van der Waals surface area contributed by atoms with Crippen molar-refractivity contribution in [3.63, 3.8) is 0 Å². The maximum atomic E-state index is 13.4. The molecule has 0 fully saturated rings. The van der Waals surface area contributed by atoms with E-state index in [1.807, 2.05) is 0 Å². The average Bonchev–Trinajstić information content (AvgIpc) is 2.61. The molecule has 0 saturated heterocycles. The van der Waals surface area contributed by atoms with Crippen LogP contribution in [0.2, 0.25) is 0 Å². The highest BCUT2D eigenvalue weighted by Crippen LogP contribution is 2.07. The molecule has 0 heterocycles. The van der Waals surface area contributed by atoms with Gasteiger partial charge in [-0.15, -0.1) is 0 Å². The third-order valence-corrected chi connectivity index (χ3v) is 3.21. The highest BCUT2D eigenvalue weighted by molar-refractivity contribution is 5.89. The van der Waals surface area contributed by atoms with Gasteiger partial charge in [-0.1, -0.05) is 30.3 Å². The fourth-order valence-corrected chi connectivity index (χ4v) is 1.93. The van der Waals surface area contributed by atoms with Crippen LogP contribution in [0.5, 0.6) is 0 Å². The molecule has 24 heavy (non-hydrogen) atoms. The monoisotopic (exact) mass is 328 g/mol. The Morgan fingerprint density at radius 1 is 1.12 bits per heavy atom. The van der Waals surface area contributed by atoms with E-state index in [2.05, 4.69) is 15.4 Å². The van der Waals surface area contributed by atoms with Crippen LogP contribution >= 0.6 is 0 Å². The number of halogens is 1. The van der Waals surface area contributed by atoms with Crippen molar-refractivity contribution in [1.29, 1.82) is 0 Å². The van der Waals surface area contributed by atoms with Crippen LogP contribution in [-0.2, 0) is 11.3 Å². The predicted molar refractivity (Wildman–Crippen MR) is 88.6 cm³/mol. The van der Waals surface area contributed by atoms with Crippen LogP contribution in [0.15, 0.2) is 54.7 Å². The Morgan fingerprint density at radius 2 is 1.83 bits per heavy atom. The summed E-state index contributed by atoms with van der Waals surface area (Å²) in [4.78, 5) is 23.0. The van der Waals surface area contributed by atoms with Gasteiger partial charge in [-0.3, -0.25) is 0 Å². The molecular weight excluding hydrogens is 311 g/mol. The van der Waals surface area contributed by atoms with E-state index in [1.54, 1.807) is 42.5 Å². The van der Waals surface area contributed by atoms with Crippen molar-refractivity contribution >= 4 is 18.1 Å². The van der Waals surface area contributed by atoms with Gasteiger partial charge < -0.3 is 15.4 Å². The summed E-state index contributed by atoms with van der Waals surface area (Å²) in [6, 6.07) is 12.5. The Bertz CT molecular complexity index is 742. The number of carbonyl (C=O) groups excluding carboxylic acids is 2. The van der Waals surface area contributed by atoms with Crippen LogP contribution in [0.1, 0.15) is 21.5 Å². The third-order valence-electron chi connectivity index (χ3n) is 3.21. The Kier molecular flexibility index (Phi) is 6.08. The Labute approximate surface area is 139 Å². The molecular formula is C18H17FN2O3. The number of nitrogens with one attached hydrogen (secondary N) is 2. The summed E-state index contributed by atoms with van der Waals surface area (Å²) in [6.07, 6.45) is 2.84. The van der Waals surface area contributed by atoms with Crippen molar-refractivity contribution in [3.05, 3.63) is 77.2 Å². The summed E-state index contributed by atoms with van der Waals surface area (Å²) >= 11 is 0. The van der Waals surface area contributed by atoms with Crippen molar-refractivity contribution in [2.24, 2.45) is 0 Å². The van der Waals surface area contributed by atoms with Gasteiger partial charge in [0.1, 0.15) is 5.82 Å². The highest BCUT2D eigenvalue weighted by atomic mass is 19.1. The summed E-state index contributed by atoms with van der Waals surface area (Å²) in [6.45, 7) is 0.292. The highest BCUT2D eigenvalue weighted by Gasteiger charge is 2.04. The summed E-state index contributed by atoms with van der Waals surface area (Å²) in [5.41, 5.74) is 1.66. The van der Waals surface area contributed by atoms with Gasteiger partial charge >= 0.3 is 12.0 Å².